The highest BCUT2D eigenvalue weighted by Gasteiger charge is 2.29. The summed E-state index contributed by atoms with van der Waals surface area (Å²) in [7, 11) is 0. The second kappa shape index (κ2) is 11.0. The standard InChI is InChI=1S/C21H29F5N2O2S/c22-19(23)13-30-20-27-17-12-28(10-7-18(17)31-20)9-6-14-1-3-15(4-2-14)11-16(29)5-8-21(24,25)26/h14-15,19H,1-13H2. The average molecular weight is 469 g/mol. The van der Waals surface area contributed by atoms with Crippen LogP contribution in [0.5, 0.6) is 5.19 Å². The minimum absolute atomic E-state index is 0.219. The highest BCUT2D eigenvalue weighted by molar-refractivity contribution is 7.13. The van der Waals surface area contributed by atoms with Crippen LogP contribution >= 0.6 is 11.3 Å². The summed E-state index contributed by atoms with van der Waals surface area (Å²) in [6.07, 6.45) is -2.18. The van der Waals surface area contributed by atoms with E-state index in [-0.39, 0.29) is 18.1 Å². The van der Waals surface area contributed by atoms with Crippen LogP contribution in [0.15, 0.2) is 0 Å². The van der Waals surface area contributed by atoms with Crippen molar-refractivity contribution in [2.75, 3.05) is 19.7 Å². The van der Waals surface area contributed by atoms with Gasteiger partial charge >= 0.3 is 6.18 Å². The molecule has 0 atom stereocenters. The molecule has 0 saturated heterocycles. The maximum Gasteiger partial charge on any atom is 0.389 e. The number of hydrogen-bond acceptors (Lipinski definition) is 5. The van der Waals surface area contributed by atoms with Gasteiger partial charge in [0.2, 0.25) is 0 Å². The molecule has 1 aliphatic carbocycles. The molecule has 0 unspecified atom stereocenters. The second-order valence-corrected chi connectivity index (χ2v) is 9.66. The predicted octanol–water partition coefficient (Wildman–Crippen LogP) is 5.64. The summed E-state index contributed by atoms with van der Waals surface area (Å²) in [5, 5.41) is 0.315. The Labute approximate surface area is 183 Å². The number of ether oxygens (including phenoxy) is 1. The van der Waals surface area contributed by atoms with E-state index in [1.807, 2.05) is 0 Å². The first kappa shape index (κ1) is 24.4. The number of hydrogen-bond donors (Lipinski definition) is 0. The lowest BCUT2D eigenvalue weighted by Gasteiger charge is -2.31. The lowest BCUT2D eigenvalue weighted by Crippen LogP contribution is -2.32. The van der Waals surface area contributed by atoms with E-state index in [1.54, 1.807) is 0 Å². The predicted molar refractivity (Wildman–Crippen MR) is 108 cm³/mol. The molecule has 31 heavy (non-hydrogen) atoms. The van der Waals surface area contributed by atoms with Crippen LogP contribution in [0.4, 0.5) is 22.0 Å². The number of fused-ring (bicyclic) bond motifs is 1. The fourth-order valence-corrected chi connectivity index (χ4v) is 5.33. The third-order valence-electron chi connectivity index (χ3n) is 6.14. The highest BCUT2D eigenvalue weighted by Crippen LogP contribution is 2.35. The average Bonchev–Trinajstić information content (AvgIpc) is 3.12. The fraction of sp³-hybridized carbons (Fsp3) is 0.810. The van der Waals surface area contributed by atoms with Gasteiger partial charge in [-0.05, 0) is 44.1 Å². The van der Waals surface area contributed by atoms with E-state index in [0.29, 0.717) is 17.7 Å². The van der Waals surface area contributed by atoms with Crippen LogP contribution in [0, 0.1) is 11.8 Å². The van der Waals surface area contributed by atoms with Gasteiger partial charge in [0.1, 0.15) is 5.78 Å². The van der Waals surface area contributed by atoms with Crippen LogP contribution in [0.25, 0.3) is 0 Å². The molecule has 1 aliphatic heterocycles. The van der Waals surface area contributed by atoms with E-state index in [0.717, 1.165) is 62.2 Å². The number of carbonyl (C=O) groups excluding carboxylic acids is 1. The van der Waals surface area contributed by atoms with Crippen LogP contribution in [0.1, 0.15) is 61.9 Å². The number of nitrogens with zero attached hydrogens (tertiary/aromatic N) is 2. The zero-order valence-electron chi connectivity index (χ0n) is 17.4. The molecule has 0 amide bonds. The first-order valence-electron chi connectivity index (χ1n) is 10.9. The van der Waals surface area contributed by atoms with E-state index in [4.69, 9.17) is 4.74 Å². The Morgan fingerprint density at radius 3 is 2.58 bits per heavy atom. The van der Waals surface area contributed by atoms with Crippen LogP contribution in [0.2, 0.25) is 0 Å². The number of carbonyl (C=O) groups is 1. The lowest BCUT2D eigenvalue weighted by molar-refractivity contribution is -0.143. The van der Waals surface area contributed by atoms with Crippen LogP contribution < -0.4 is 4.74 Å². The summed E-state index contributed by atoms with van der Waals surface area (Å²) in [6.45, 7) is 1.91. The molecule has 0 aromatic carbocycles. The Bertz CT molecular complexity index is 717. The fourth-order valence-electron chi connectivity index (χ4n) is 4.41. The van der Waals surface area contributed by atoms with Gasteiger partial charge in [0, 0.05) is 30.8 Å². The smallest absolute Gasteiger partial charge is 0.389 e. The number of ketones is 1. The van der Waals surface area contributed by atoms with Crippen molar-refractivity contribution in [3.05, 3.63) is 10.6 Å². The zero-order valence-corrected chi connectivity index (χ0v) is 18.2. The molecule has 4 nitrogen and oxygen atoms in total. The number of Topliss-reactive ketones (excluding diaryl/α,β-unsaturated/α-hetero) is 1. The molecule has 0 bridgehead atoms. The summed E-state index contributed by atoms with van der Waals surface area (Å²) >= 11 is 1.35. The monoisotopic (exact) mass is 468 g/mol. The maximum atomic E-state index is 12.3. The Hall–Kier alpha value is -1.29. The second-order valence-electron chi connectivity index (χ2n) is 8.61. The molecule has 3 rings (SSSR count). The van der Waals surface area contributed by atoms with Crippen molar-refractivity contribution in [2.45, 2.75) is 76.9 Å². The topological polar surface area (TPSA) is 42.4 Å². The van der Waals surface area contributed by atoms with Gasteiger partial charge in [-0.1, -0.05) is 24.2 Å². The summed E-state index contributed by atoms with van der Waals surface area (Å²) < 4.78 is 66.3. The van der Waals surface area contributed by atoms with Crippen LogP contribution in [-0.4, -0.2) is 48.0 Å². The van der Waals surface area contributed by atoms with Crippen LogP contribution in [0.3, 0.4) is 0 Å². The zero-order chi connectivity index (χ0) is 22.4. The van der Waals surface area contributed by atoms with Crippen molar-refractivity contribution >= 4 is 17.1 Å². The summed E-state index contributed by atoms with van der Waals surface area (Å²) in [5.74, 6) is 0.518. The minimum atomic E-state index is -4.26. The molecule has 2 aliphatic rings. The largest absolute Gasteiger partial charge is 0.464 e. The normalized spacial score (nSPS) is 22.5. The molecule has 0 N–H and O–H groups in total. The Balaban J connectivity index is 1.33. The van der Waals surface area contributed by atoms with Crippen molar-refractivity contribution in [3.63, 3.8) is 0 Å². The van der Waals surface area contributed by atoms with Gasteiger partial charge in [-0.25, -0.2) is 13.8 Å². The summed E-state index contributed by atoms with van der Waals surface area (Å²) in [4.78, 5) is 19.6. The Kier molecular flexibility index (Phi) is 8.66. The van der Waals surface area contributed by atoms with Gasteiger partial charge in [0.05, 0.1) is 12.1 Å². The van der Waals surface area contributed by atoms with E-state index in [2.05, 4.69) is 9.88 Å². The van der Waals surface area contributed by atoms with E-state index >= 15 is 0 Å². The Morgan fingerprint density at radius 2 is 1.90 bits per heavy atom. The first-order valence-corrected chi connectivity index (χ1v) is 11.7. The molecular weight excluding hydrogens is 439 g/mol. The van der Waals surface area contributed by atoms with Crippen LogP contribution in [-0.2, 0) is 17.8 Å². The van der Waals surface area contributed by atoms with E-state index < -0.39 is 32.1 Å². The van der Waals surface area contributed by atoms with Gasteiger partial charge in [0.25, 0.3) is 11.6 Å². The quantitative estimate of drug-likeness (QED) is 0.417. The number of aromatic nitrogens is 1. The number of alkyl halides is 5. The number of halogens is 5. The van der Waals surface area contributed by atoms with Crippen molar-refractivity contribution in [1.82, 2.24) is 9.88 Å². The molecule has 0 spiro atoms. The number of thiazole rings is 1. The van der Waals surface area contributed by atoms with Crippen molar-refractivity contribution < 1.29 is 31.5 Å². The third-order valence-corrected chi connectivity index (χ3v) is 7.21. The van der Waals surface area contributed by atoms with Crippen molar-refractivity contribution in [1.29, 1.82) is 0 Å². The van der Waals surface area contributed by atoms with E-state index in [9.17, 15) is 26.7 Å². The lowest BCUT2D eigenvalue weighted by atomic mass is 9.78. The number of rotatable bonds is 10. The van der Waals surface area contributed by atoms with Gasteiger partial charge in [-0.3, -0.25) is 9.69 Å². The van der Waals surface area contributed by atoms with Crippen molar-refractivity contribution in [3.8, 4) is 5.19 Å². The molecule has 1 fully saturated rings. The minimum Gasteiger partial charge on any atom is -0.464 e. The van der Waals surface area contributed by atoms with E-state index in [1.165, 1.54) is 11.3 Å². The molecule has 176 valence electrons. The molecule has 0 radical (unpaired) electrons. The van der Waals surface area contributed by atoms with Gasteiger partial charge in [-0.2, -0.15) is 13.2 Å². The molecular formula is C21H29F5N2O2S. The molecule has 1 aromatic heterocycles. The first-order chi connectivity index (χ1) is 14.7. The van der Waals surface area contributed by atoms with Crippen molar-refractivity contribution in [2.24, 2.45) is 11.8 Å². The third kappa shape index (κ3) is 8.29. The molecule has 10 heteroatoms. The molecule has 1 aromatic rings. The van der Waals surface area contributed by atoms with Gasteiger partial charge < -0.3 is 4.74 Å². The maximum absolute atomic E-state index is 12.3. The summed E-state index contributed by atoms with van der Waals surface area (Å²) in [6, 6.07) is 0. The summed E-state index contributed by atoms with van der Waals surface area (Å²) in [5.41, 5.74) is 0.918. The highest BCUT2D eigenvalue weighted by atomic mass is 32.1. The molecule has 2 heterocycles. The SMILES string of the molecule is O=C(CCC(F)(F)F)CC1CCC(CCN2CCc3sc(OCC(F)F)nc3C2)CC1. The van der Waals surface area contributed by atoms with Gasteiger partial charge in [0.15, 0.2) is 6.61 Å². The van der Waals surface area contributed by atoms with Gasteiger partial charge in [-0.15, -0.1) is 0 Å². The molecule has 1 saturated carbocycles. The Morgan fingerprint density at radius 1 is 1.19 bits per heavy atom.